The number of fused-ring (bicyclic) bond motifs is 1. The summed E-state index contributed by atoms with van der Waals surface area (Å²) in [7, 11) is 0. The Morgan fingerprint density at radius 2 is 1.80 bits per heavy atom. The molecular weight excluding hydrogens is 335 g/mol. The first kappa shape index (κ1) is 17.1. The highest BCUT2D eigenvalue weighted by Crippen LogP contribution is 2.45. The average molecular weight is 351 g/mol. The minimum atomic E-state index is -4.86. The van der Waals surface area contributed by atoms with Crippen LogP contribution in [0.3, 0.4) is 0 Å². The highest BCUT2D eigenvalue weighted by Gasteiger charge is 2.62. The lowest BCUT2D eigenvalue weighted by Gasteiger charge is -2.40. The van der Waals surface area contributed by atoms with E-state index < -0.39 is 17.8 Å². The SMILES string of the molecule is CC(C)Oc1ccc2c(c1)O[C@@](c1ccccc1)(C(F)(F)F)NC2=O. The smallest absolute Gasteiger partial charge is 0.453 e. The second kappa shape index (κ2) is 5.98. The summed E-state index contributed by atoms with van der Waals surface area (Å²) < 4.78 is 52.5. The molecule has 1 atom stereocenters. The maximum Gasteiger partial charge on any atom is 0.453 e. The van der Waals surface area contributed by atoms with Crippen molar-refractivity contribution in [2.45, 2.75) is 31.9 Å². The highest BCUT2D eigenvalue weighted by molar-refractivity contribution is 5.98. The molecular formula is C18H16F3NO3. The molecule has 7 heteroatoms. The number of carbonyl (C=O) groups excluding carboxylic acids is 1. The minimum absolute atomic E-state index is 0.0203. The highest BCUT2D eigenvalue weighted by atomic mass is 19.4. The van der Waals surface area contributed by atoms with E-state index in [-0.39, 0.29) is 23.0 Å². The molecule has 2 aromatic carbocycles. The largest absolute Gasteiger partial charge is 0.491 e. The summed E-state index contributed by atoms with van der Waals surface area (Å²) in [6.07, 6.45) is -5.03. The van der Waals surface area contributed by atoms with Gasteiger partial charge in [0.15, 0.2) is 0 Å². The zero-order valence-electron chi connectivity index (χ0n) is 13.6. The molecule has 132 valence electrons. The van der Waals surface area contributed by atoms with Crippen molar-refractivity contribution in [1.29, 1.82) is 0 Å². The van der Waals surface area contributed by atoms with Gasteiger partial charge in [-0.25, -0.2) is 0 Å². The molecule has 0 unspecified atom stereocenters. The fourth-order valence-electron chi connectivity index (χ4n) is 2.63. The second-order valence-electron chi connectivity index (χ2n) is 5.93. The third-order valence-electron chi connectivity index (χ3n) is 3.70. The van der Waals surface area contributed by atoms with Gasteiger partial charge in [-0.2, -0.15) is 13.2 Å². The van der Waals surface area contributed by atoms with Gasteiger partial charge in [0.05, 0.1) is 11.7 Å². The Labute approximate surface area is 142 Å². The Morgan fingerprint density at radius 3 is 2.40 bits per heavy atom. The maximum absolute atomic E-state index is 13.9. The van der Waals surface area contributed by atoms with Gasteiger partial charge in [-0.15, -0.1) is 0 Å². The fraction of sp³-hybridized carbons (Fsp3) is 0.278. The topological polar surface area (TPSA) is 47.6 Å². The lowest BCUT2D eigenvalue weighted by atomic mass is 9.98. The molecule has 0 fully saturated rings. The minimum Gasteiger partial charge on any atom is -0.491 e. The van der Waals surface area contributed by atoms with Gasteiger partial charge in [0, 0.05) is 11.6 Å². The summed E-state index contributed by atoms with van der Waals surface area (Å²) in [6, 6.07) is 11.2. The van der Waals surface area contributed by atoms with Crippen molar-refractivity contribution in [3.63, 3.8) is 0 Å². The van der Waals surface area contributed by atoms with Gasteiger partial charge in [0.1, 0.15) is 11.5 Å². The van der Waals surface area contributed by atoms with Gasteiger partial charge in [0.25, 0.3) is 5.91 Å². The standard InChI is InChI=1S/C18H16F3NO3/c1-11(2)24-13-8-9-14-15(10-13)25-17(18(19,20)21,22-16(14)23)12-6-4-3-5-7-12/h3-11H,1-2H3,(H,22,23)/t17-/m0/s1. The van der Waals surface area contributed by atoms with Crippen LogP contribution in [0.15, 0.2) is 48.5 Å². The number of hydrogen-bond donors (Lipinski definition) is 1. The summed E-state index contributed by atoms with van der Waals surface area (Å²) >= 11 is 0. The van der Waals surface area contributed by atoms with Crippen molar-refractivity contribution < 1.29 is 27.4 Å². The molecule has 3 rings (SSSR count). The van der Waals surface area contributed by atoms with Crippen molar-refractivity contribution in [3.8, 4) is 11.5 Å². The first-order chi connectivity index (χ1) is 11.7. The molecule has 1 N–H and O–H groups in total. The molecule has 1 amide bonds. The normalized spacial score (nSPS) is 19.8. The number of rotatable bonds is 3. The van der Waals surface area contributed by atoms with Gasteiger partial charge >= 0.3 is 11.9 Å². The van der Waals surface area contributed by atoms with Crippen LogP contribution >= 0.6 is 0 Å². The fourth-order valence-corrected chi connectivity index (χ4v) is 2.63. The number of halogens is 3. The Hall–Kier alpha value is -2.70. The molecule has 0 radical (unpaired) electrons. The van der Waals surface area contributed by atoms with Crippen LogP contribution in [0.4, 0.5) is 13.2 Å². The average Bonchev–Trinajstić information content (AvgIpc) is 2.53. The summed E-state index contributed by atoms with van der Waals surface area (Å²) in [5, 5.41) is 1.98. The number of carbonyl (C=O) groups is 1. The lowest BCUT2D eigenvalue weighted by molar-refractivity contribution is -0.265. The molecule has 25 heavy (non-hydrogen) atoms. The zero-order valence-corrected chi connectivity index (χ0v) is 13.6. The van der Waals surface area contributed by atoms with Crippen LogP contribution in [0.2, 0.25) is 0 Å². The Bertz CT molecular complexity index is 790. The Balaban J connectivity index is 2.11. The predicted octanol–water partition coefficient (Wildman–Crippen LogP) is 4.01. The number of nitrogens with one attached hydrogen (secondary N) is 1. The van der Waals surface area contributed by atoms with E-state index in [0.717, 1.165) is 0 Å². The van der Waals surface area contributed by atoms with Gasteiger partial charge in [-0.05, 0) is 26.0 Å². The monoisotopic (exact) mass is 351 g/mol. The molecule has 0 bridgehead atoms. The van der Waals surface area contributed by atoms with Crippen molar-refractivity contribution in [3.05, 3.63) is 59.7 Å². The number of hydrogen-bond acceptors (Lipinski definition) is 3. The van der Waals surface area contributed by atoms with E-state index in [0.29, 0.717) is 5.75 Å². The van der Waals surface area contributed by atoms with E-state index in [1.807, 2.05) is 5.32 Å². The van der Waals surface area contributed by atoms with Gasteiger partial charge < -0.3 is 14.8 Å². The quantitative estimate of drug-likeness (QED) is 0.909. The molecule has 4 nitrogen and oxygen atoms in total. The molecule has 0 aromatic heterocycles. The van der Waals surface area contributed by atoms with Crippen LogP contribution < -0.4 is 14.8 Å². The number of benzene rings is 2. The van der Waals surface area contributed by atoms with Crippen LogP contribution in [0, 0.1) is 0 Å². The van der Waals surface area contributed by atoms with Gasteiger partial charge in [-0.1, -0.05) is 30.3 Å². The molecule has 1 heterocycles. The van der Waals surface area contributed by atoms with Gasteiger partial charge in [0.2, 0.25) is 0 Å². The molecule has 1 aliphatic rings. The summed E-state index contributed by atoms with van der Waals surface area (Å²) in [6.45, 7) is 3.58. The first-order valence-corrected chi connectivity index (χ1v) is 7.67. The first-order valence-electron chi connectivity index (χ1n) is 7.67. The van der Waals surface area contributed by atoms with Crippen molar-refractivity contribution in [1.82, 2.24) is 5.32 Å². The van der Waals surface area contributed by atoms with Crippen LogP contribution in [-0.4, -0.2) is 18.2 Å². The van der Waals surface area contributed by atoms with E-state index in [1.165, 1.54) is 42.5 Å². The van der Waals surface area contributed by atoms with Crippen LogP contribution in [0.25, 0.3) is 0 Å². The summed E-state index contributed by atoms with van der Waals surface area (Å²) in [5.74, 6) is -0.714. The molecule has 0 aliphatic carbocycles. The zero-order chi connectivity index (χ0) is 18.2. The predicted molar refractivity (Wildman–Crippen MR) is 84.5 cm³/mol. The second-order valence-corrected chi connectivity index (χ2v) is 5.93. The molecule has 1 aliphatic heterocycles. The van der Waals surface area contributed by atoms with Crippen molar-refractivity contribution in [2.24, 2.45) is 0 Å². The molecule has 0 saturated carbocycles. The maximum atomic E-state index is 13.9. The van der Waals surface area contributed by atoms with E-state index in [2.05, 4.69) is 0 Å². The summed E-state index contributed by atoms with van der Waals surface area (Å²) in [5.41, 5.74) is -3.14. The van der Waals surface area contributed by atoms with E-state index >= 15 is 0 Å². The molecule has 0 saturated heterocycles. The number of ether oxygens (including phenoxy) is 2. The van der Waals surface area contributed by atoms with Crippen LogP contribution in [-0.2, 0) is 5.72 Å². The van der Waals surface area contributed by atoms with Crippen molar-refractivity contribution >= 4 is 5.91 Å². The third kappa shape index (κ3) is 3.01. The molecule has 2 aromatic rings. The van der Waals surface area contributed by atoms with E-state index in [1.54, 1.807) is 19.9 Å². The number of amides is 1. The lowest BCUT2D eigenvalue weighted by Crippen LogP contribution is -2.62. The Morgan fingerprint density at radius 1 is 1.12 bits per heavy atom. The van der Waals surface area contributed by atoms with Gasteiger partial charge in [-0.3, -0.25) is 4.79 Å². The van der Waals surface area contributed by atoms with Crippen LogP contribution in [0.5, 0.6) is 11.5 Å². The van der Waals surface area contributed by atoms with E-state index in [9.17, 15) is 18.0 Å². The number of alkyl halides is 3. The molecule has 0 spiro atoms. The van der Waals surface area contributed by atoms with Crippen molar-refractivity contribution in [2.75, 3.05) is 0 Å². The van der Waals surface area contributed by atoms with Crippen LogP contribution in [0.1, 0.15) is 29.8 Å². The summed E-state index contributed by atoms with van der Waals surface area (Å²) in [4.78, 5) is 12.3. The van der Waals surface area contributed by atoms with E-state index in [4.69, 9.17) is 9.47 Å². The third-order valence-corrected chi connectivity index (χ3v) is 3.70. The Kier molecular flexibility index (Phi) is 4.10.